The van der Waals surface area contributed by atoms with Gasteiger partial charge in [0.15, 0.2) is 0 Å². The van der Waals surface area contributed by atoms with Gasteiger partial charge in [0.25, 0.3) is 5.91 Å². The van der Waals surface area contributed by atoms with Gasteiger partial charge in [-0.1, -0.05) is 0 Å². The highest BCUT2D eigenvalue weighted by atomic mass is 32.2. The summed E-state index contributed by atoms with van der Waals surface area (Å²) in [5.41, 5.74) is 6.02. The summed E-state index contributed by atoms with van der Waals surface area (Å²) in [5, 5.41) is 11.7. The fourth-order valence-corrected chi connectivity index (χ4v) is 5.50. The molecule has 0 saturated carbocycles. The van der Waals surface area contributed by atoms with Crippen LogP contribution in [0.15, 0.2) is 47.7 Å². The van der Waals surface area contributed by atoms with Crippen LogP contribution >= 0.6 is 0 Å². The molecule has 12 heteroatoms. The standard InChI is InChI=1S/C23H24FN7O3S/c1-22(2)21(26)29-23(3,13-30(4)35(22,33)34)16-10-15(5-6-17(16)24)27-20(32)18-12-31-8-7-14(11-25)9-19(31)28-18/h5-10,12H,13H2,1-4H3,(H2,26,29)(H,27,32)/t23-/m0/s1. The van der Waals surface area contributed by atoms with Crippen LogP contribution in [0.1, 0.15) is 42.4 Å². The molecule has 3 heterocycles. The Morgan fingerprint density at radius 2 is 1.97 bits per heavy atom. The molecule has 0 spiro atoms. The van der Waals surface area contributed by atoms with E-state index in [1.807, 2.05) is 6.07 Å². The van der Waals surface area contributed by atoms with Crippen LogP contribution < -0.4 is 11.1 Å². The molecule has 0 radical (unpaired) electrons. The summed E-state index contributed by atoms with van der Waals surface area (Å²) in [5.74, 6) is -1.30. The number of imidazole rings is 1. The van der Waals surface area contributed by atoms with Crippen LogP contribution in [0.25, 0.3) is 5.65 Å². The van der Waals surface area contributed by atoms with Crippen LogP contribution in [0.5, 0.6) is 0 Å². The van der Waals surface area contributed by atoms with Crippen molar-refractivity contribution in [2.45, 2.75) is 31.1 Å². The molecule has 0 unspecified atom stereocenters. The van der Waals surface area contributed by atoms with E-state index in [1.165, 1.54) is 45.3 Å². The molecular formula is C23H24FN7O3S. The maximum Gasteiger partial charge on any atom is 0.275 e. The normalized spacial score (nSPS) is 21.7. The number of anilines is 1. The number of sulfonamides is 1. The zero-order valence-corrected chi connectivity index (χ0v) is 20.4. The number of aromatic nitrogens is 2. The molecule has 1 amide bonds. The fraction of sp³-hybridized carbons (Fsp3) is 0.304. The molecule has 1 aliphatic rings. The lowest BCUT2D eigenvalue weighted by molar-refractivity contribution is 0.102. The second-order valence-corrected chi connectivity index (χ2v) is 11.7. The van der Waals surface area contributed by atoms with E-state index in [-0.39, 0.29) is 29.3 Å². The molecular weight excluding hydrogens is 473 g/mol. The summed E-state index contributed by atoms with van der Waals surface area (Å²) in [6.45, 7) is 4.34. The van der Waals surface area contributed by atoms with E-state index < -0.39 is 32.0 Å². The number of pyridine rings is 1. The zero-order valence-electron chi connectivity index (χ0n) is 19.6. The van der Waals surface area contributed by atoms with Crippen molar-refractivity contribution in [3.8, 4) is 6.07 Å². The third kappa shape index (κ3) is 4.02. The van der Waals surface area contributed by atoms with Gasteiger partial charge in [-0.25, -0.2) is 22.1 Å². The van der Waals surface area contributed by atoms with E-state index >= 15 is 4.39 Å². The Labute approximate surface area is 201 Å². The molecule has 10 nitrogen and oxygen atoms in total. The fourth-order valence-electron chi connectivity index (χ4n) is 3.99. The van der Waals surface area contributed by atoms with Gasteiger partial charge in [-0.2, -0.15) is 5.26 Å². The lowest BCUT2D eigenvalue weighted by Gasteiger charge is -2.29. The number of fused-ring (bicyclic) bond motifs is 1. The van der Waals surface area contributed by atoms with Crippen molar-refractivity contribution >= 4 is 33.1 Å². The van der Waals surface area contributed by atoms with Crippen molar-refractivity contribution in [3.63, 3.8) is 0 Å². The molecule has 0 aliphatic carbocycles. The number of rotatable bonds is 3. The zero-order chi connectivity index (χ0) is 25.8. The van der Waals surface area contributed by atoms with Gasteiger partial charge in [-0.3, -0.25) is 9.79 Å². The third-order valence-corrected chi connectivity index (χ3v) is 8.64. The summed E-state index contributed by atoms with van der Waals surface area (Å²) in [6.07, 6.45) is 3.13. The van der Waals surface area contributed by atoms with Gasteiger partial charge in [0.2, 0.25) is 10.0 Å². The number of nitrogens with zero attached hydrogens (tertiary/aromatic N) is 5. The van der Waals surface area contributed by atoms with Crippen molar-refractivity contribution in [1.29, 1.82) is 5.26 Å². The molecule has 0 saturated heterocycles. The number of nitrogens with one attached hydrogen (secondary N) is 1. The lowest BCUT2D eigenvalue weighted by atomic mass is 9.91. The van der Waals surface area contributed by atoms with Gasteiger partial charge in [0.05, 0.1) is 11.6 Å². The minimum atomic E-state index is -3.85. The van der Waals surface area contributed by atoms with Crippen molar-refractivity contribution in [1.82, 2.24) is 13.7 Å². The van der Waals surface area contributed by atoms with Crippen LogP contribution in [0.3, 0.4) is 0 Å². The molecule has 1 aromatic carbocycles. The van der Waals surface area contributed by atoms with Crippen LogP contribution in [0.2, 0.25) is 0 Å². The van der Waals surface area contributed by atoms with Gasteiger partial charge >= 0.3 is 0 Å². The number of nitriles is 1. The van der Waals surface area contributed by atoms with Gasteiger partial charge in [-0.15, -0.1) is 0 Å². The molecule has 182 valence electrons. The highest BCUT2D eigenvalue weighted by Gasteiger charge is 2.48. The van der Waals surface area contributed by atoms with E-state index in [1.54, 1.807) is 29.7 Å². The molecule has 3 aromatic rings. The summed E-state index contributed by atoms with van der Waals surface area (Å²) < 4.78 is 42.1. The Bertz CT molecular complexity index is 1540. The molecule has 1 aliphatic heterocycles. The minimum absolute atomic E-state index is 0.0756. The molecule has 3 N–H and O–H groups in total. The third-order valence-electron chi connectivity index (χ3n) is 6.20. The number of likely N-dealkylation sites (N-methyl/N-ethyl adjacent to an activating group) is 1. The Morgan fingerprint density at radius 3 is 2.66 bits per heavy atom. The number of nitrogens with two attached hydrogens (primary N) is 1. The van der Waals surface area contributed by atoms with Crippen molar-refractivity contribution in [3.05, 3.63) is 65.4 Å². The first-order chi connectivity index (χ1) is 16.3. The van der Waals surface area contributed by atoms with Crippen LogP contribution in [-0.2, 0) is 15.6 Å². The summed E-state index contributed by atoms with van der Waals surface area (Å²) >= 11 is 0. The summed E-state index contributed by atoms with van der Waals surface area (Å²) in [6, 6.07) is 9.13. The van der Waals surface area contributed by atoms with Crippen LogP contribution in [0, 0.1) is 17.1 Å². The quantitative estimate of drug-likeness (QED) is 0.567. The molecule has 0 fully saturated rings. The number of carbonyl (C=O) groups excluding carboxylic acids is 1. The number of carbonyl (C=O) groups is 1. The average Bonchev–Trinajstić information content (AvgIpc) is 3.21. The average molecular weight is 498 g/mol. The minimum Gasteiger partial charge on any atom is -0.386 e. The number of amides is 1. The van der Waals surface area contributed by atoms with E-state index in [9.17, 15) is 13.2 Å². The SMILES string of the molecule is CN1C[C@@](C)(c2cc(NC(=O)c3cn4ccc(C#N)cc4n3)ccc2F)N=C(N)C(C)(C)S1(=O)=O. The van der Waals surface area contributed by atoms with Crippen molar-refractivity contribution in [2.24, 2.45) is 10.7 Å². The van der Waals surface area contributed by atoms with Crippen molar-refractivity contribution in [2.75, 3.05) is 18.9 Å². The first kappa shape index (κ1) is 24.3. The molecule has 1 atom stereocenters. The highest BCUT2D eigenvalue weighted by Crippen LogP contribution is 2.36. The monoisotopic (exact) mass is 497 g/mol. The van der Waals surface area contributed by atoms with E-state index in [0.717, 1.165) is 4.31 Å². The maximum absolute atomic E-state index is 15.0. The van der Waals surface area contributed by atoms with Gasteiger partial charge in [0.1, 0.15) is 33.3 Å². The highest BCUT2D eigenvalue weighted by molar-refractivity contribution is 7.91. The largest absolute Gasteiger partial charge is 0.386 e. The van der Waals surface area contributed by atoms with E-state index in [2.05, 4.69) is 15.3 Å². The first-order valence-corrected chi connectivity index (χ1v) is 12.0. The second kappa shape index (κ2) is 8.14. The lowest BCUT2D eigenvalue weighted by Crippen LogP contribution is -2.50. The smallest absolute Gasteiger partial charge is 0.275 e. The molecule has 2 aromatic heterocycles. The number of benzene rings is 1. The van der Waals surface area contributed by atoms with Gasteiger partial charge < -0.3 is 15.5 Å². The Kier molecular flexibility index (Phi) is 5.65. The van der Waals surface area contributed by atoms with Crippen molar-refractivity contribution < 1.29 is 17.6 Å². The predicted octanol–water partition coefficient (Wildman–Crippen LogP) is 2.22. The topological polar surface area (TPSA) is 146 Å². The number of hydrogen-bond donors (Lipinski definition) is 2. The molecule has 4 rings (SSSR count). The van der Waals surface area contributed by atoms with Crippen LogP contribution in [0.4, 0.5) is 10.1 Å². The van der Waals surface area contributed by atoms with Gasteiger partial charge in [0, 0.05) is 37.2 Å². The second-order valence-electron chi connectivity index (χ2n) is 9.11. The van der Waals surface area contributed by atoms with E-state index in [4.69, 9.17) is 11.0 Å². The summed E-state index contributed by atoms with van der Waals surface area (Å²) in [4.78, 5) is 21.5. The first-order valence-electron chi connectivity index (χ1n) is 10.6. The Balaban J connectivity index is 1.69. The van der Waals surface area contributed by atoms with E-state index in [0.29, 0.717) is 11.2 Å². The maximum atomic E-state index is 15.0. The Hall–Kier alpha value is -3.82. The van der Waals surface area contributed by atoms with Crippen LogP contribution in [-0.4, -0.2) is 52.2 Å². The molecule has 0 bridgehead atoms. The summed E-state index contributed by atoms with van der Waals surface area (Å²) in [7, 11) is -2.45. The number of hydrogen-bond acceptors (Lipinski definition) is 7. The van der Waals surface area contributed by atoms with Gasteiger partial charge in [-0.05, 0) is 51.1 Å². The number of amidine groups is 1. The number of halogens is 1. The Morgan fingerprint density at radius 1 is 1.26 bits per heavy atom. The number of aliphatic imine (C=N–C) groups is 1. The molecule has 35 heavy (non-hydrogen) atoms. The predicted molar refractivity (Wildman–Crippen MR) is 129 cm³/mol.